The van der Waals surface area contributed by atoms with Gasteiger partial charge in [0, 0.05) is 25.9 Å². The first-order valence-electron chi connectivity index (χ1n) is 9.39. The van der Waals surface area contributed by atoms with Crippen LogP contribution in [0.5, 0.6) is 0 Å². The number of aliphatic carboxylic acids is 2. The van der Waals surface area contributed by atoms with Crippen molar-refractivity contribution in [3.63, 3.8) is 0 Å². The molecule has 0 radical (unpaired) electrons. The number of carboxylic acids is 2. The van der Waals surface area contributed by atoms with E-state index in [2.05, 4.69) is 10.6 Å². The molecule has 0 rings (SSSR count). The molecule has 150 valence electrons. The van der Waals surface area contributed by atoms with Gasteiger partial charge in [0.1, 0.15) is 0 Å². The van der Waals surface area contributed by atoms with E-state index in [0.717, 1.165) is 51.4 Å². The Balaban J connectivity index is 3.28. The maximum atomic E-state index is 11.4. The Kier molecular flexibility index (Phi) is 15.0. The van der Waals surface area contributed by atoms with E-state index < -0.39 is 11.9 Å². The van der Waals surface area contributed by atoms with E-state index in [-0.39, 0.29) is 37.7 Å². The SMILES string of the molecule is O=C(O)CCNC(=O)CCCCCCCCCCC(=O)NCCC(=O)O. The lowest BCUT2D eigenvalue weighted by molar-refractivity contribution is -0.138. The predicted octanol–water partition coefficient (Wildman–Crippen LogP) is 2.07. The minimum absolute atomic E-state index is 0.0459. The third-order valence-corrected chi connectivity index (χ3v) is 3.88. The van der Waals surface area contributed by atoms with Crippen molar-refractivity contribution in [3.05, 3.63) is 0 Å². The lowest BCUT2D eigenvalue weighted by Crippen LogP contribution is -2.25. The third kappa shape index (κ3) is 18.2. The number of carbonyl (C=O) groups is 4. The van der Waals surface area contributed by atoms with Crippen LogP contribution in [-0.2, 0) is 19.2 Å². The molecule has 0 unspecified atom stereocenters. The zero-order valence-electron chi connectivity index (χ0n) is 15.4. The van der Waals surface area contributed by atoms with Gasteiger partial charge in [0.05, 0.1) is 12.8 Å². The van der Waals surface area contributed by atoms with E-state index in [4.69, 9.17) is 10.2 Å². The monoisotopic (exact) mass is 372 g/mol. The maximum Gasteiger partial charge on any atom is 0.305 e. The van der Waals surface area contributed by atoms with Crippen LogP contribution in [0.4, 0.5) is 0 Å². The number of carboxylic acid groups (broad SMARTS) is 2. The summed E-state index contributed by atoms with van der Waals surface area (Å²) in [5.41, 5.74) is 0. The molecule has 0 aromatic carbocycles. The Morgan fingerprint density at radius 3 is 1.12 bits per heavy atom. The molecule has 26 heavy (non-hydrogen) atoms. The van der Waals surface area contributed by atoms with Gasteiger partial charge in [-0.2, -0.15) is 0 Å². The summed E-state index contributed by atoms with van der Waals surface area (Å²) in [4.78, 5) is 43.5. The lowest BCUT2D eigenvalue weighted by atomic mass is 10.1. The van der Waals surface area contributed by atoms with Crippen molar-refractivity contribution in [2.24, 2.45) is 0 Å². The van der Waals surface area contributed by atoms with Crippen LogP contribution in [0.1, 0.15) is 77.0 Å². The van der Waals surface area contributed by atoms with Gasteiger partial charge in [-0.3, -0.25) is 19.2 Å². The molecule has 0 aliphatic rings. The van der Waals surface area contributed by atoms with E-state index >= 15 is 0 Å². The fourth-order valence-corrected chi connectivity index (χ4v) is 2.43. The standard InChI is InChI=1S/C18H32N2O6/c21-15(19-13-11-17(23)24)9-7-5-3-1-2-4-6-8-10-16(22)20-14-12-18(25)26/h1-14H2,(H,19,21)(H,20,22)(H,23,24)(H,25,26). The second-order valence-corrected chi connectivity index (χ2v) is 6.32. The van der Waals surface area contributed by atoms with Crippen LogP contribution in [0.15, 0.2) is 0 Å². The quantitative estimate of drug-likeness (QED) is 0.289. The van der Waals surface area contributed by atoms with Gasteiger partial charge in [0.15, 0.2) is 0 Å². The highest BCUT2D eigenvalue weighted by Crippen LogP contribution is 2.10. The minimum Gasteiger partial charge on any atom is -0.481 e. The van der Waals surface area contributed by atoms with Gasteiger partial charge in [0.2, 0.25) is 11.8 Å². The smallest absolute Gasteiger partial charge is 0.305 e. The fourth-order valence-electron chi connectivity index (χ4n) is 2.43. The molecule has 0 saturated carbocycles. The highest BCUT2D eigenvalue weighted by molar-refractivity contribution is 5.77. The number of carbonyl (C=O) groups excluding carboxylic acids is 2. The van der Waals surface area contributed by atoms with Crippen molar-refractivity contribution >= 4 is 23.8 Å². The summed E-state index contributed by atoms with van der Waals surface area (Å²) in [6.45, 7) is 0.373. The van der Waals surface area contributed by atoms with Crippen molar-refractivity contribution < 1.29 is 29.4 Å². The summed E-state index contributed by atoms with van der Waals surface area (Å²) >= 11 is 0. The normalized spacial score (nSPS) is 10.3. The van der Waals surface area contributed by atoms with Gasteiger partial charge in [-0.15, -0.1) is 0 Å². The zero-order valence-corrected chi connectivity index (χ0v) is 15.4. The lowest BCUT2D eigenvalue weighted by Gasteiger charge is -2.05. The minimum atomic E-state index is -0.913. The molecule has 8 nitrogen and oxygen atoms in total. The summed E-state index contributed by atoms with van der Waals surface area (Å²) < 4.78 is 0. The van der Waals surface area contributed by atoms with Crippen molar-refractivity contribution in [1.29, 1.82) is 0 Å². The van der Waals surface area contributed by atoms with Crippen molar-refractivity contribution in [2.45, 2.75) is 77.0 Å². The van der Waals surface area contributed by atoms with Crippen LogP contribution < -0.4 is 10.6 Å². The summed E-state index contributed by atoms with van der Waals surface area (Å²) in [7, 11) is 0. The molecule has 0 aliphatic heterocycles. The van der Waals surface area contributed by atoms with Crippen LogP contribution in [0.3, 0.4) is 0 Å². The van der Waals surface area contributed by atoms with E-state index in [9.17, 15) is 19.2 Å². The highest BCUT2D eigenvalue weighted by atomic mass is 16.4. The highest BCUT2D eigenvalue weighted by Gasteiger charge is 2.03. The summed E-state index contributed by atoms with van der Waals surface area (Å²) in [6.07, 6.45) is 8.73. The number of hydrogen-bond donors (Lipinski definition) is 4. The zero-order chi connectivity index (χ0) is 19.6. The van der Waals surface area contributed by atoms with E-state index in [1.54, 1.807) is 0 Å². The maximum absolute atomic E-state index is 11.4. The van der Waals surface area contributed by atoms with Gasteiger partial charge in [-0.25, -0.2) is 0 Å². The molecule has 0 spiro atoms. The largest absolute Gasteiger partial charge is 0.481 e. The Morgan fingerprint density at radius 2 is 0.808 bits per heavy atom. The van der Waals surface area contributed by atoms with Crippen LogP contribution in [0.25, 0.3) is 0 Å². The summed E-state index contributed by atoms with van der Waals surface area (Å²) in [5.74, 6) is -2.01. The average molecular weight is 372 g/mol. The van der Waals surface area contributed by atoms with E-state index in [1.807, 2.05) is 0 Å². The van der Waals surface area contributed by atoms with Gasteiger partial charge < -0.3 is 20.8 Å². The molecule has 8 heteroatoms. The average Bonchev–Trinajstić information content (AvgIpc) is 2.55. The molecule has 0 aromatic heterocycles. The second kappa shape index (κ2) is 16.4. The van der Waals surface area contributed by atoms with Crippen LogP contribution in [-0.4, -0.2) is 47.1 Å². The number of hydrogen-bond acceptors (Lipinski definition) is 4. The molecule has 2 amide bonds. The first-order chi connectivity index (χ1) is 12.4. The van der Waals surface area contributed by atoms with E-state index in [1.165, 1.54) is 0 Å². The topological polar surface area (TPSA) is 133 Å². The van der Waals surface area contributed by atoms with Gasteiger partial charge in [0.25, 0.3) is 0 Å². The predicted molar refractivity (Wildman–Crippen MR) is 96.7 cm³/mol. The molecule has 0 bridgehead atoms. The van der Waals surface area contributed by atoms with Crippen molar-refractivity contribution in [2.75, 3.05) is 13.1 Å². The van der Waals surface area contributed by atoms with Crippen molar-refractivity contribution in [1.82, 2.24) is 10.6 Å². The number of amides is 2. The molecule has 0 saturated heterocycles. The molecular formula is C18H32N2O6. The number of unbranched alkanes of at least 4 members (excludes halogenated alkanes) is 7. The van der Waals surface area contributed by atoms with Crippen LogP contribution in [0.2, 0.25) is 0 Å². The Bertz CT molecular complexity index is 399. The van der Waals surface area contributed by atoms with Crippen LogP contribution >= 0.6 is 0 Å². The third-order valence-electron chi connectivity index (χ3n) is 3.88. The molecule has 0 heterocycles. The molecule has 0 atom stereocenters. The van der Waals surface area contributed by atoms with E-state index in [0.29, 0.717) is 12.8 Å². The number of nitrogens with one attached hydrogen (secondary N) is 2. The first-order valence-corrected chi connectivity index (χ1v) is 9.39. The van der Waals surface area contributed by atoms with Gasteiger partial charge in [-0.1, -0.05) is 38.5 Å². The van der Waals surface area contributed by atoms with Crippen molar-refractivity contribution in [3.8, 4) is 0 Å². The Hall–Kier alpha value is -2.12. The van der Waals surface area contributed by atoms with Crippen LogP contribution in [0, 0.1) is 0 Å². The molecule has 0 aliphatic carbocycles. The first kappa shape index (κ1) is 23.9. The summed E-state index contributed by atoms with van der Waals surface area (Å²) in [5, 5.41) is 22.1. The molecule has 0 aromatic rings. The fraction of sp³-hybridized carbons (Fsp3) is 0.778. The number of rotatable bonds is 17. The van der Waals surface area contributed by atoms with Gasteiger partial charge in [-0.05, 0) is 12.8 Å². The molecule has 4 N–H and O–H groups in total. The Morgan fingerprint density at radius 1 is 0.500 bits per heavy atom. The summed E-state index contributed by atoms with van der Waals surface area (Å²) in [6, 6.07) is 0. The molecule has 0 fully saturated rings. The van der Waals surface area contributed by atoms with Gasteiger partial charge >= 0.3 is 11.9 Å². The molecular weight excluding hydrogens is 340 g/mol. The second-order valence-electron chi connectivity index (χ2n) is 6.32. The Labute approximate surface area is 154 Å².